The standard InChI is InChI=1S/C17H18ClN3/c1-10(2)15-6-11-5-14(18)13(7-16(11)20-15)17-8-21(9-19-17)12-3-4-12/h5-10,12,20H,3-4H2,1-2H3. The van der Waals surface area contributed by atoms with Crippen LogP contribution in [0.3, 0.4) is 0 Å². The Hall–Kier alpha value is -1.74. The molecule has 21 heavy (non-hydrogen) atoms. The van der Waals surface area contributed by atoms with Crippen molar-refractivity contribution in [1.29, 1.82) is 0 Å². The molecule has 0 atom stereocenters. The Morgan fingerprint density at radius 3 is 2.81 bits per heavy atom. The fraction of sp³-hybridized carbons (Fsp3) is 0.353. The molecule has 1 aliphatic rings. The molecule has 2 heterocycles. The summed E-state index contributed by atoms with van der Waals surface area (Å²) in [5.41, 5.74) is 4.32. The van der Waals surface area contributed by atoms with Gasteiger partial charge in [-0.2, -0.15) is 0 Å². The molecule has 0 spiro atoms. The zero-order chi connectivity index (χ0) is 14.6. The molecule has 4 rings (SSSR count). The first-order valence-corrected chi connectivity index (χ1v) is 7.85. The number of nitrogens with zero attached hydrogens (tertiary/aromatic N) is 2. The van der Waals surface area contributed by atoms with Crippen LogP contribution < -0.4 is 0 Å². The average molecular weight is 300 g/mol. The Kier molecular flexibility index (Phi) is 2.86. The molecule has 1 aromatic carbocycles. The van der Waals surface area contributed by atoms with Gasteiger partial charge in [-0.1, -0.05) is 25.4 Å². The molecule has 1 N–H and O–H groups in total. The average Bonchev–Trinajstić information content (AvgIpc) is 3.03. The second-order valence-electron chi connectivity index (χ2n) is 6.24. The Labute approximate surface area is 129 Å². The van der Waals surface area contributed by atoms with E-state index < -0.39 is 0 Å². The number of fused-ring (bicyclic) bond motifs is 1. The number of hydrogen-bond acceptors (Lipinski definition) is 1. The largest absolute Gasteiger partial charge is 0.358 e. The highest BCUT2D eigenvalue weighted by Gasteiger charge is 2.23. The number of nitrogens with one attached hydrogen (secondary N) is 1. The molecule has 1 fully saturated rings. The monoisotopic (exact) mass is 299 g/mol. The van der Waals surface area contributed by atoms with Crippen molar-refractivity contribution in [2.45, 2.75) is 38.6 Å². The summed E-state index contributed by atoms with van der Waals surface area (Å²) in [6.45, 7) is 4.37. The van der Waals surface area contributed by atoms with E-state index in [4.69, 9.17) is 11.6 Å². The first kappa shape index (κ1) is 13.0. The maximum absolute atomic E-state index is 6.47. The van der Waals surface area contributed by atoms with E-state index in [2.05, 4.69) is 46.7 Å². The van der Waals surface area contributed by atoms with Crippen LogP contribution in [-0.4, -0.2) is 14.5 Å². The lowest BCUT2D eigenvalue weighted by Gasteiger charge is -2.02. The van der Waals surface area contributed by atoms with Crippen molar-refractivity contribution in [2.75, 3.05) is 0 Å². The van der Waals surface area contributed by atoms with Crippen LogP contribution in [-0.2, 0) is 0 Å². The number of H-pyrrole nitrogens is 1. The van der Waals surface area contributed by atoms with Crippen LogP contribution in [0.1, 0.15) is 44.3 Å². The summed E-state index contributed by atoms with van der Waals surface area (Å²) in [7, 11) is 0. The van der Waals surface area contributed by atoms with Crippen LogP contribution >= 0.6 is 11.6 Å². The lowest BCUT2D eigenvalue weighted by Crippen LogP contribution is -1.87. The summed E-state index contributed by atoms with van der Waals surface area (Å²) in [5.74, 6) is 0.480. The van der Waals surface area contributed by atoms with Crippen molar-refractivity contribution < 1.29 is 0 Å². The molecule has 0 unspecified atom stereocenters. The van der Waals surface area contributed by atoms with Crippen molar-refractivity contribution in [3.8, 4) is 11.3 Å². The van der Waals surface area contributed by atoms with Crippen LogP contribution in [0, 0.1) is 0 Å². The Morgan fingerprint density at radius 2 is 2.10 bits per heavy atom. The van der Waals surface area contributed by atoms with Crippen LogP contribution in [0.2, 0.25) is 5.02 Å². The van der Waals surface area contributed by atoms with Gasteiger partial charge < -0.3 is 9.55 Å². The molecule has 3 aromatic rings. The predicted octanol–water partition coefficient (Wildman–Crippen LogP) is 5.14. The summed E-state index contributed by atoms with van der Waals surface area (Å²) < 4.78 is 2.20. The zero-order valence-corrected chi connectivity index (χ0v) is 13.0. The zero-order valence-electron chi connectivity index (χ0n) is 12.2. The van der Waals surface area contributed by atoms with Crippen molar-refractivity contribution in [3.63, 3.8) is 0 Å². The number of aromatic amines is 1. The number of aromatic nitrogens is 3. The van der Waals surface area contributed by atoms with Gasteiger partial charge in [-0.05, 0) is 37.0 Å². The minimum Gasteiger partial charge on any atom is -0.358 e. The van der Waals surface area contributed by atoms with E-state index in [-0.39, 0.29) is 0 Å². The van der Waals surface area contributed by atoms with Gasteiger partial charge in [0.25, 0.3) is 0 Å². The SMILES string of the molecule is CC(C)c1cc2cc(Cl)c(-c3cn(C4CC4)cn3)cc2[nH]1. The van der Waals surface area contributed by atoms with E-state index in [1.165, 1.54) is 18.5 Å². The first-order chi connectivity index (χ1) is 10.1. The van der Waals surface area contributed by atoms with Crippen molar-refractivity contribution >= 4 is 22.5 Å². The minimum atomic E-state index is 0.480. The second kappa shape index (κ2) is 4.63. The van der Waals surface area contributed by atoms with E-state index in [9.17, 15) is 0 Å². The normalized spacial score (nSPS) is 15.2. The molecule has 0 saturated heterocycles. The molecule has 108 valence electrons. The maximum Gasteiger partial charge on any atom is 0.0956 e. The third-order valence-corrected chi connectivity index (χ3v) is 4.51. The smallest absolute Gasteiger partial charge is 0.0956 e. The number of halogens is 1. The summed E-state index contributed by atoms with van der Waals surface area (Å²) in [4.78, 5) is 8.00. The summed E-state index contributed by atoms with van der Waals surface area (Å²) >= 11 is 6.47. The molecule has 1 saturated carbocycles. The molecule has 3 nitrogen and oxygen atoms in total. The van der Waals surface area contributed by atoms with E-state index in [1.807, 2.05) is 12.4 Å². The second-order valence-corrected chi connectivity index (χ2v) is 6.64. The topological polar surface area (TPSA) is 33.6 Å². The Morgan fingerprint density at radius 1 is 1.29 bits per heavy atom. The lowest BCUT2D eigenvalue weighted by molar-refractivity contribution is 0.741. The van der Waals surface area contributed by atoms with E-state index in [0.29, 0.717) is 12.0 Å². The van der Waals surface area contributed by atoms with Gasteiger partial charge in [-0.3, -0.25) is 0 Å². The predicted molar refractivity (Wildman–Crippen MR) is 86.9 cm³/mol. The van der Waals surface area contributed by atoms with Crippen LogP contribution in [0.25, 0.3) is 22.2 Å². The van der Waals surface area contributed by atoms with Gasteiger partial charge in [-0.25, -0.2) is 4.98 Å². The molecule has 0 bridgehead atoms. The van der Waals surface area contributed by atoms with Gasteiger partial charge in [0.05, 0.1) is 17.0 Å². The molecule has 2 aromatic heterocycles. The Bertz CT molecular complexity index is 809. The summed E-state index contributed by atoms with van der Waals surface area (Å²) in [6.07, 6.45) is 6.55. The number of hydrogen-bond donors (Lipinski definition) is 1. The number of rotatable bonds is 3. The van der Waals surface area contributed by atoms with Gasteiger partial charge in [0.2, 0.25) is 0 Å². The molecule has 4 heteroatoms. The van der Waals surface area contributed by atoms with Crippen molar-refractivity contribution in [3.05, 3.63) is 41.4 Å². The highest BCUT2D eigenvalue weighted by Crippen LogP contribution is 2.37. The van der Waals surface area contributed by atoms with Crippen LogP contribution in [0.15, 0.2) is 30.7 Å². The van der Waals surface area contributed by atoms with Crippen LogP contribution in [0.5, 0.6) is 0 Å². The first-order valence-electron chi connectivity index (χ1n) is 7.48. The third-order valence-electron chi connectivity index (χ3n) is 4.20. The molecular formula is C17H18ClN3. The quantitative estimate of drug-likeness (QED) is 0.713. The number of imidazole rings is 1. The van der Waals surface area contributed by atoms with Gasteiger partial charge >= 0.3 is 0 Å². The van der Waals surface area contributed by atoms with E-state index in [1.54, 1.807) is 0 Å². The fourth-order valence-corrected chi connectivity index (χ4v) is 3.00. The highest BCUT2D eigenvalue weighted by atomic mass is 35.5. The maximum atomic E-state index is 6.47. The van der Waals surface area contributed by atoms with Gasteiger partial charge in [-0.15, -0.1) is 0 Å². The summed E-state index contributed by atoms with van der Waals surface area (Å²) in [5, 5.41) is 1.92. The molecule has 1 aliphatic carbocycles. The van der Waals surface area contributed by atoms with Crippen molar-refractivity contribution in [1.82, 2.24) is 14.5 Å². The van der Waals surface area contributed by atoms with Crippen molar-refractivity contribution in [2.24, 2.45) is 0 Å². The molecule has 0 amide bonds. The van der Waals surface area contributed by atoms with E-state index >= 15 is 0 Å². The minimum absolute atomic E-state index is 0.480. The van der Waals surface area contributed by atoms with Gasteiger partial charge in [0.15, 0.2) is 0 Å². The molecular weight excluding hydrogens is 282 g/mol. The summed E-state index contributed by atoms with van der Waals surface area (Å²) in [6, 6.07) is 6.97. The van der Waals surface area contributed by atoms with Crippen LogP contribution in [0.4, 0.5) is 0 Å². The van der Waals surface area contributed by atoms with E-state index in [0.717, 1.165) is 27.2 Å². The fourth-order valence-electron chi connectivity index (χ4n) is 2.73. The molecule has 0 aliphatic heterocycles. The highest BCUT2D eigenvalue weighted by molar-refractivity contribution is 6.34. The van der Waals surface area contributed by atoms with Gasteiger partial charge in [0, 0.05) is 34.4 Å². The molecule has 0 radical (unpaired) electrons. The third kappa shape index (κ3) is 2.26. The lowest BCUT2D eigenvalue weighted by atomic mass is 10.1. The van der Waals surface area contributed by atoms with Gasteiger partial charge in [0.1, 0.15) is 0 Å². The number of benzene rings is 1. The Balaban J connectivity index is 1.81.